The second-order valence-electron chi connectivity index (χ2n) is 5.72. The van der Waals surface area contributed by atoms with Crippen LogP contribution in [-0.4, -0.2) is 43.0 Å². The molecule has 2 aliphatic rings. The summed E-state index contributed by atoms with van der Waals surface area (Å²) < 4.78 is 5.59. The van der Waals surface area contributed by atoms with Crippen molar-refractivity contribution in [2.24, 2.45) is 0 Å². The van der Waals surface area contributed by atoms with E-state index in [1.165, 1.54) is 0 Å². The van der Waals surface area contributed by atoms with Crippen molar-refractivity contribution in [3.05, 3.63) is 23.8 Å². The van der Waals surface area contributed by atoms with E-state index in [0.29, 0.717) is 12.2 Å². The Labute approximate surface area is 124 Å². The van der Waals surface area contributed by atoms with Gasteiger partial charge in [0.1, 0.15) is 5.75 Å². The van der Waals surface area contributed by atoms with Crippen LogP contribution in [0, 0.1) is 0 Å². The molecule has 1 unspecified atom stereocenters. The van der Waals surface area contributed by atoms with Gasteiger partial charge in [-0.05, 0) is 37.5 Å². The van der Waals surface area contributed by atoms with Gasteiger partial charge in [-0.3, -0.25) is 9.59 Å². The predicted molar refractivity (Wildman–Crippen MR) is 79.5 cm³/mol. The second kappa shape index (κ2) is 5.39. The summed E-state index contributed by atoms with van der Waals surface area (Å²) >= 11 is 0. The number of ether oxygens (including phenoxy) is 1. The molecule has 1 fully saturated rings. The summed E-state index contributed by atoms with van der Waals surface area (Å²) in [4.78, 5) is 27.7. The Morgan fingerprint density at radius 3 is 2.76 bits per heavy atom. The molecular formula is C16H20N2O3. The van der Waals surface area contributed by atoms with Gasteiger partial charge < -0.3 is 14.5 Å². The van der Waals surface area contributed by atoms with Crippen LogP contribution in [0.2, 0.25) is 0 Å². The molecule has 1 aromatic carbocycles. The third-order valence-corrected chi connectivity index (χ3v) is 4.18. The summed E-state index contributed by atoms with van der Waals surface area (Å²) in [5, 5.41) is 0. The number of fused-ring (bicyclic) bond motifs is 1. The van der Waals surface area contributed by atoms with E-state index in [9.17, 15) is 9.59 Å². The molecule has 0 aromatic heterocycles. The van der Waals surface area contributed by atoms with E-state index in [0.717, 1.165) is 37.2 Å². The van der Waals surface area contributed by atoms with Crippen LogP contribution < -0.4 is 9.64 Å². The molecule has 0 N–H and O–H groups in total. The fraction of sp³-hybridized carbons (Fsp3) is 0.500. The molecule has 2 aliphatic heterocycles. The topological polar surface area (TPSA) is 49.9 Å². The number of carbonyl (C=O) groups is 2. The van der Waals surface area contributed by atoms with Crippen LogP contribution in [0.25, 0.3) is 0 Å². The lowest BCUT2D eigenvalue weighted by Crippen LogP contribution is -2.42. The van der Waals surface area contributed by atoms with Crippen molar-refractivity contribution in [3.63, 3.8) is 0 Å². The number of rotatable bonds is 2. The average molecular weight is 288 g/mol. The van der Waals surface area contributed by atoms with Crippen LogP contribution in [0.4, 0.5) is 5.69 Å². The number of benzene rings is 1. The molecule has 5 heteroatoms. The normalized spacial score (nSPS) is 21.2. The SMILES string of the molecule is CC1Oc2ccc(CC(=O)N3CCCC3)cc2N(C)C1=O. The molecule has 112 valence electrons. The Morgan fingerprint density at radius 1 is 1.33 bits per heavy atom. The summed E-state index contributed by atoms with van der Waals surface area (Å²) in [6.07, 6.45) is 2.11. The zero-order valence-electron chi connectivity index (χ0n) is 12.5. The van der Waals surface area contributed by atoms with Gasteiger partial charge in [-0.25, -0.2) is 0 Å². The van der Waals surface area contributed by atoms with Crippen molar-refractivity contribution in [2.45, 2.75) is 32.3 Å². The highest BCUT2D eigenvalue weighted by atomic mass is 16.5. The van der Waals surface area contributed by atoms with E-state index in [1.54, 1.807) is 18.9 Å². The van der Waals surface area contributed by atoms with Crippen LogP contribution >= 0.6 is 0 Å². The maximum atomic E-state index is 12.2. The Hall–Kier alpha value is -2.04. The first-order valence-electron chi connectivity index (χ1n) is 7.41. The maximum Gasteiger partial charge on any atom is 0.267 e. The number of nitrogens with zero attached hydrogens (tertiary/aromatic N) is 2. The first kappa shape index (κ1) is 13.9. The minimum absolute atomic E-state index is 0.0643. The van der Waals surface area contributed by atoms with Crippen molar-refractivity contribution in [2.75, 3.05) is 25.0 Å². The zero-order chi connectivity index (χ0) is 15.0. The van der Waals surface area contributed by atoms with E-state index in [4.69, 9.17) is 4.74 Å². The third kappa shape index (κ3) is 2.60. The number of likely N-dealkylation sites (N-methyl/N-ethyl adjacent to an activating group) is 1. The number of hydrogen-bond donors (Lipinski definition) is 0. The molecule has 1 aromatic rings. The van der Waals surface area contributed by atoms with Crippen LogP contribution in [0.15, 0.2) is 18.2 Å². The number of likely N-dealkylation sites (tertiary alicyclic amines) is 1. The van der Waals surface area contributed by atoms with E-state index >= 15 is 0 Å². The number of amides is 2. The summed E-state index contributed by atoms with van der Waals surface area (Å²) in [6, 6.07) is 5.64. The van der Waals surface area contributed by atoms with Crippen molar-refractivity contribution >= 4 is 17.5 Å². The van der Waals surface area contributed by atoms with Crippen LogP contribution in [0.5, 0.6) is 5.75 Å². The minimum atomic E-state index is -0.459. The monoisotopic (exact) mass is 288 g/mol. The molecule has 2 heterocycles. The van der Waals surface area contributed by atoms with Gasteiger partial charge in [0.05, 0.1) is 12.1 Å². The lowest BCUT2D eigenvalue weighted by Gasteiger charge is -2.30. The van der Waals surface area contributed by atoms with E-state index in [2.05, 4.69) is 0 Å². The summed E-state index contributed by atoms with van der Waals surface area (Å²) in [5.41, 5.74) is 1.66. The van der Waals surface area contributed by atoms with Crippen molar-refractivity contribution in [3.8, 4) is 5.75 Å². The molecule has 3 rings (SSSR count). The third-order valence-electron chi connectivity index (χ3n) is 4.18. The standard InChI is InChI=1S/C16H20N2O3/c1-11-16(20)17(2)13-9-12(5-6-14(13)21-11)10-15(19)18-7-3-4-8-18/h5-6,9,11H,3-4,7-8,10H2,1-2H3. The molecule has 5 nitrogen and oxygen atoms in total. The summed E-state index contributed by atoms with van der Waals surface area (Å²) in [5.74, 6) is 0.791. The predicted octanol–water partition coefficient (Wildman–Crippen LogP) is 1.60. The Morgan fingerprint density at radius 2 is 2.05 bits per heavy atom. The quantitative estimate of drug-likeness (QED) is 0.830. The van der Waals surface area contributed by atoms with Gasteiger partial charge >= 0.3 is 0 Å². The summed E-state index contributed by atoms with van der Waals surface area (Å²) in [7, 11) is 1.74. The fourth-order valence-corrected chi connectivity index (χ4v) is 2.92. The van der Waals surface area contributed by atoms with E-state index in [-0.39, 0.29) is 11.8 Å². The molecule has 0 aliphatic carbocycles. The van der Waals surface area contributed by atoms with Gasteiger partial charge in [0.2, 0.25) is 5.91 Å². The van der Waals surface area contributed by atoms with Crippen molar-refractivity contribution in [1.82, 2.24) is 4.90 Å². The van der Waals surface area contributed by atoms with Crippen molar-refractivity contribution in [1.29, 1.82) is 0 Å². The molecular weight excluding hydrogens is 268 g/mol. The Kier molecular flexibility index (Phi) is 3.57. The minimum Gasteiger partial charge on any atom is -0.479 e. The smallest absolute Gasteiger partial charge is 0.267 e. The highest BCUT2D eigenvalue weighted by Gasteiger charge is 2.29. The first-order chi connectivity index (χ1) is 10.1. The van der Waals surface area contributed by atoms with Crippen LogP contribution in [-0.2, 0) is 16.0 Å². The second-order valence-corrected chi connectivity index (χ2v) is 5.72. The molecule has 2 amide bonds. The number of hydrogen-bond acceptors (Lipinski definition) is 3. The molecule has 21 heavy (non-hydrogen) atoms. The Balaban J connectivity index is 1.79. The lowest BCUT2D eigenvalue weighted by atomic mass is 10.1. The molecule has 1 saturated heterocycles. The highest BCUT2D eigenvalue weighted by molar-refractivity contribution is 5.99. The van der Waals surface area contributed by atoms with Gasteiger partial charge in [-0.15, -0.1) is 0 Å². The van der Waals surface area contributed by atoms with Gasteiger partial charge in [0, 0.05) is 20.1 Å². The first-order valence-corrected chi connectivity index (χ1v) is 7.41. The number of anilines is 1. The van der Waals surface area contributed by atoms with Gasteiger partial charge in [0.25, 0.3) is 5.91 Å². The fourth-order valence-electron chi connectivity index (χ4n) is 2.92. The largest absolute Gasteiger partial charge is 0.479 e. The van der Waals surface area contributed by atoms with Crippen LogP contribution in [0.3, 0.4) is 0 Å². The van der Waals surface area contributed by atoms with Gasteiger partial charge in [-0.2, -0.15) is 0 Å². The Bertz CT molecular complexity index is 579. The van der Waals surface area contributed by atoms with E-state index < -0.39 is 6.10 Å². The molecule has 1 atom stereocenters. The summed E-state index contributed by atoms with van der Waals surface area (Å²) in [6.45, 7) is 3.47. The lowest BCUT2D eigenvalue weighted by molar-refractivity contribution is -0.129. The molecule has 0 bridgehead atoms. The van der Waals surface area contributed by atoms with Gasteiger partial charge in [-0.1, -0.05) is 6.07 Å². The molecule has 0 saturated carbocycles. The molecule has 0 radical (unpaired) electrons. The van der Waals surface area contributed by atoms with Crippen molar-refractivity contribution < 1.29 is 14.3 Å². The zero-order valence-corrected chi connectivity index (χ0v) is 12.5. The average Bonchev–Trinajstić information content (AvgIpc) is 3.00. The van der Waals surface area contributed by atoms with E-state index in [1.807, 2.05) is 23.1 Å². The molecule has 0 spiro atoms. The van der Waals surface area contributed by atoms with Crippen LogP contribution in [0.1, 0.15) is 25.3 Å². The maximum absolute atomic E-state index is 12.2. The van der Waals surface area contributed by atoms with Gasteiger partial charge in [0.15, 0.2) is 6.10 Å². The highest BCUT2D eigenvalue weighted by Crippen LogP contribution is 2.34. The number of carbonyl (C=O) groups excluding carboxylic acids is 2.